The van der Waals surface area contributed by atoms with E-state index in [9.17, 15) is 0 Å². The quantitative estimate of drug-likeness (QED) is 0.808. The molecule has 0 bridgehead atoms. The van der Waals surface area contributed by atoms with Crippen LogP contribution in [0.1, 0.15) is 17.1 Å². The molecule has 16 heavy (non-hydrogen) atoms. The Labute approximate surface area is 98.8 Å². The molecule has 0 saturated carbocycles. The summed E-state index contributed by atoms with van der Waals surface area (Å²) in [6.45, 7) is 1.55. The summed E-state index contributed by atoms with van der Waals surface area (Å²) in [5.41, 5.74) is 1.15. The van der Waals surface area contributed by atoms with Crippen LogP contribution < -0.4 is 5.32 Å². The fourth-order valence-electron chi connectivity index (χ4n) is 1.44. The van der Waals surface area contributed by atoms with E-state index >= 15 is 0 Å². The number of aromatic nitrogens is 2. The molecule has 0 spiro atoms. The molecule has 5 heteroatoms. The van der Waals surface area contributed by atoms with Gasteiger partial charge in [0.1, 0.15) is 11.5 Å². The van der Waals surface area contributed by atoms with E-state index in [1.165, 1.54) is 0 Å². The van der Waals surface area contributed by atoms with Gasteiger partial charge in [-0.15, -0.1) is 0 Å². The maximum absolute atomic E-state index is 5.64. The maximum atomic E-state index is 5.64. The average Bonchev–Trinajstić information content (AvgIpc) is 2.90. The third kappa shape index (κ3) is 3.15. The van der Waals surface area contributed by atoms with Gasteiger partial charge in [0.25, 0.3) is 0 Å². The Hall–Kier alpha value is -1.20. The zero-order chi connectivity index (χ0) is 11.2. The molecular formula is C11H15N3OS. The first kappa shape index (κ1) is 11.3. The van der Waals surface area contributed by atoms with Crippen molar-refractivity contribution in [1.29, 1.82) is 0 Å². The number of rotatable bonds is 6. The van der Waals surface area contributed by atoms with Crippen LogP contribution >= 0.6 is 11.8 Å². The second-order valence-corrected chi connectivity index (χ2v) is 4.38. The van der Waals surface area contributed by atoms with Crippen LogP contribution in [0.3, 0.4) is 0 Å². The predicted molar refractivity (Wildman–Crippen MR) is 65.1 cm³/mol. The van der Waals surface area contributed by atoms with E-state index in [0.29, 0.717) is 0 Å². The molecular weight excluding hydrogens is 222 g/mol. The van der Waals surface area contributed by atoms with E-state index in [4.69, 9.17) is 4.42 Å². The van der Waals surface area contributed by atoms with Crippen LogP contribution in [0.2, 0.25) is 0 Å². The highest BCUT2D eigenvalue weighted by Gasteiger charge is 2.01. The lowest BCUT2D eigenvalue weighted by Gasteiger charge is -1.99. The molecule has 0 aliphatic heterocycles. The van der Waals surface area contributed by atoms with Crippen molar-refractivity contribution in [3.8, 4) is 0 Å². The SMILES string of the molecule is CSCc1ccc(CNCc2cn[nH]c2)o1. The number of nitrogens with one attached hydrogen (secondary N) is 2. The van der Waals surface area contributed by atoms with Crippen molar-refractivity contribution >= 4 is 11.8 Å². The molecule has 2 aromatic rings. The van der Waals surface area contributed by atoms with E-state index in [-0.39, 0.29) is 0 Å². The molecule has 0 radical (unpaired) electrons. The van der Waals surface area contributed by atoms with E-state index in [1.54, 1.807) is 11.8 Å². The van der Waals surface area contributed by atoms with Gasteiger partial charge < -0.3 is 9.73 Å². The number of hydrogen-bond acceptors (Lipinski definition) is 4. The predicted octanol–water partition coefficient (Wildman–Crippen LogP) is 2.16. The molecule has 2 N–H and O–H groups in total. The number of aromatic amines is 1. The van der Waals surface area contributed by atoms with Crippen molar-refractivity contribution in [2.75, 3.05) is 6.26 Å². The molecule has 0 unspecified atom stereocenters. The lowest BCUT2D eigenvalue weighted by Crippen LogP contribution is -2.11. The minimum atomic E-state index is 0.750. The van der Waals surface area contributed by atoms with E-state index in [1.807, 2.05) is 24.5 Å². The Morgan fingerprint density at radius 2 is 2.25 bits per heavy atom. The van der Waals surface area contributed by atoms with Crippen LogP contribution in [0.15, 0.2) is 28.9 Å². The lowest BCUT2D eigenvalue weighted by molar-refractivity contribution is 0.459. The van der Waals surface area contributed by atoms with Crippen LogP contribution in [-0.2, 0) is 18.8 Å². The van der Waals surface area contributed by atoms with Crippen molar-refractivity contribution in [3.63, 3.8) is 0 Å². The molecule has 2 rings (SSSR count). The first-order chi connectivity index (χ1) is 7.88. The van der Waals surface area contributed by atoms with Crippen molar-refractivity contribution in [3.05, 3.63) is 41.6 Å². The highest BCUT2D eigenvalue weighted by Crippen LogP contribution is 2.13. The molecule has 0 amide bonds. The maximum Gasteiger partial charge on any atom is 0.118 e. The summed E-state index contributed by atoms with van der Waals surface area (Å²) in [6, 6.07) is 4.05. The van der Waals surface area contributed by atoms with Gasteiger partial charge in [-0.3, -0.25) is 5.10 Å². The second-order valence-electron chi connectivity index (χ2n) is 3.51. The molecule has 2 heterocycles. The Kier molecular flexibility index (Phi) is 4.07. The van der Waals surface area contributed by atoms with Gasteiger partial charge in [0.15, 0.2) is 0 Å². The zero-order valence-corrected chi connectivity index (χ0v) is 10.0. The monoisotopic (exact) mass is 237 g/mol. The first-order valence-electron chi connectivity index (χ1n) is 5.13. The molecule has 2 aromatic heterocycles. The zero-order valence-electron chi connectivity index (χ0n) is 9.19. The Balaban J connectivity index is 1.76. The summed E-state index contributed by atoms with van der Waals surface area (Å²) in [5, 5.41) is 9.97. The van der Waals surface area contributed by atoms with Gasteiger partial charge in [0.2, 0.25) is 0 Å². The van der Waals surface area contributed by atoms with Gasteiger partial charge in [-0.2, -0.15) is 16.9 Å². The number of furan rings is 1. The Bertz CT molecular complexity index is 411. The van der Waals surface area contributed by atoms with Crippen LogP contribution in [0.5, 0.6) is 0 Å². The number of hydrogen-bond donors (Lipinski definition) is 2. The van der Waals surface area contributed by atoms with Gasteiger partial charge in [0, 0.05) is 18.3 Å². The minimum Gasteiger partial charge on any atom is -0.464 e. The highest BCUT2D eigenvalue weighted by molar-refractivity contribution is 7.97. The van der Waals surface area contributed by atoms with Gasteiger partial charge in [-0.25, -0.2) is 0 Å². The fourth-order valence-corrected chi connectivity index (χ4v) is 1.88. The first-order valence-corrected chi connectivity index (χ1v) is 6.53. The van der Waals surface area contributed by atoms with Crippen LogP contribution in [0.25, 0.3) is 0 Å². The molecule has 0 atom stereocenters. The second kappa shape index (κ2) is 5.77. The molecule has 0 saturated heterocycles. The topological polar surface area (TPSA) is 53.9 Å². The van der Waals surface area contributed by atoms with Crippen LogP contribution in [0.4, 0.5) is 0 Å². The molecule has 0 aliphatic carbocycles. The third-order valence-electron chi connectivity index (χ3n) is 2.19. The third-order valence-corrected chi connectivity index (χ3v) is 2.76. The van der Waals surface area contributed by atoms with Crippen molar-refractivity contribution < 1.29 is 4.42 Å². The summed E-state index contributed by atoms with van der Waals surface area (Å²) < 4.78 is 5.64. The fraction of sp³-hybridized carbons (Fsp3) is 0.364. The minimum absolute atomic E-state index is 0.750. The lowest BCUT2D eigenvalue weighted by atomic mass is 10.3. The van der Waals surface area contributed by atoms with Crippen LogP contribution in [-0.4, -0.2) is 16.5 Å². The normalized spacial score (nSPS) is 10.8. The highest BCUT2D eigenvalue weighted by atomic mass is 32.2. The molecule has 4 nitrogen and oxygen atoms in total. The summed E-state index contributed by atoms with van der Waals surface area (Å²) in [5.74, 6) is 2.95. The van der Waals surface area contributed by atoms with E-state index < -0.39 is 0 Å². The molecule has 0 aliphatic rings. The van der Waals surface area contributed by atoms with E-state index in [2.05, 4.69) is 21.8 Å². The molecule has 0 aromatic carbocycles. The van der Waals surface area contributed by atoms with E-state index in [0.717, 1.165) is 35.9 Å². The number of H-pyrrole nitrogens is 1. The van der Waals surface area contributed by atoms with Crippen LogP contribution in [0, 0.1) is 0 Å². The van der Waals surface area contributed by atoms with Gasteiger partial charge in [0.05, 0.1) is 18.5 Å². The summed E-state index contributed by atoms with van der Waals surface area (Å²) >= 11 is 1.76. The Morgan fingerprint density at radius 1 is 1.38 bits per heavy atom. The Morgan fingerprint density at radius 3 is 3.00 bits per heavy atom. The summed E-state index contributed by atoms with van der Waals surface area (Å²) in [7, 11) is 0. The number of thioether (sulfide) groups is 1. The van der Waals surface area contributed by atoms with Gasteiger partial charge >= 0.3 is 0 Å². The molecule has 0 fully saturated rings. The van der Waals surface area contributed by atoms with Gasteiger partial charge in [-0.05, 0) is 18.4 Å². The van der Waals surface area contributed by atoms with Crippen molar-refractivity contribution in [1.82, 2.24) is 15.5 Å². The summed E-state index contributed by atoms with van der Waals surface area (Å²) in [6.07, 6.45) is 5.77. The van der Waals surface area contributed by atoms with Gasteiger partial charge in [-0.1, -0.05) is 0 Å². The summed E-state index contributed by atoms with van der Waals surface area (Å²) in [4.78, 5) is 0. The van der Waals surface area contributed by atoms with Crippen molar-refractivity contribution in [2.45, 2.75) is 18.8 Å². The molecule has 86 valence electrons. The number of nitrogens with zero attached hydrogens (tertiary/aromatic N) is 1. The largest absolute Gasteiger partial charge is 0.464 e. The average molecular weight is 237 g/mol. The smallest absolute Gasteiger partial charge is 0.118 e. The standard InChI is InChI=1S/C11H15N3OS/c1-16-8-11-3-2-10(15-11)7-12-4-9-5-13-14-6-9/h2-3,5-6,12H,4,7-8H2,1H3,(H,13,14). The van der Waals surface area contributed by atoms with Crippen molar-refractivity contribution in [2.24, 2.45) is 0 Å².